The Labute approximate surface area is 171 Å². The molecule has 3 aromatic rings. The first kappa shape index (κ1) is 19.4. The van der Waals surface area contributed by atoms with Gasteiger partial charge in [-0.05, 0) is 61.6 Å². The molecule has 1 unspecified atom stereocenters. The number of aryl methyl sites for hydroxylation is 1. The van der Waals surface area contributed by atoms with Gasteiger partial charge < -0.3 is 10.0 Å². The van der Waals surface area contributed by atoms with Crippen molar-refractivity contribution in [2.24, 2.45) is 5.41 Å². The van der Waals surface area contributed by atoms with Crippen LogP contribution in [0.25, 0.3) is 5.69 Å². The molecule has 1 N–H and O–H groups in total. The van der Waals surface area contributed by atoms with Crippen LogP contribution >= 0.6 is 0 Å². The Hall–Kier alpha value is -2.92. The predicted octanol–water partition coefficient (Wildman–Crippen LogP) is 3.72. The van der Waals surface area contributed by atoms with Gasteiger partial charge in [-0.1, -0.05) is 30.3 Å². The highest BCUT2D eigenvalue weighted by Gasteiger charge is 2.36. The summed E-state index contributed by atoms with van der Waals surface area (Å²) in [4.78, 5) is 15.0. The van der Waals surface area contributed by atoms with E-state index in [1.165, 1.54) is 5.56 Å². The van der Waals surface area contributed by atoms with Gasteiger partial charge in [0.1, 0.15) is 0 Å². The quantitative estimate of drug-likeness (QED) is 0.699. The summed E-state index contributed by atoms with van der Waals surface area (Å²) in [6.45, 7) is 1.46. The number of hydrogen-bond acceptors (Lipinski definition) is 3. The number of carbonyl (C=O) groups is 1. The number of aliphatic hydroxyl groups is 1. The summed E-state index contributed by atoms with van der Waals surface area (Å²) in [5.74, 6) is 0.0363. The maximum absolute atomic E-state index is 13.1. The molecule has 1 aliphatic heterocycles. The molecule has 0 aliphatic carbocycles. The van der Waals surface area contributed by atoms with Gasteiger partial charge in [0.25, 0.3) is 5.91 Å². The molecule has 1 fully saturated rings. The number of aromatic nitrogens is 2. The highest BCUT2D eigenvalue weighted by atomic mass is 16.3. The number of amides is 1. The van der Waals surface area contributed by atoms with Crippen molar-refractivity contribution in [2.75, 3.05) is 19.7 Å². The Morgan fingerprint density at radius 3 is 2.55 bits per heavy atom. The standard InChI is InChI=1S/C24H27N3O2/c28-19-24(14-12-20-6-2-1-3-7-20)13-4-16-26(18-24)23(29)21-8-10-22(11-9-21)27-17-5-15-25-27/h1-3,5-11,15,17,28H,4,12-14,16,18-19H2. The van der Waals surface area contributed by atoms with Crippen molar-refractivity contribution in [3.05, 3.63) is 84.2 Å². The minimum atomic E-state index is -0.223. The van der Waals surface area contributed by atoms with Crippen molar-refractivity contribution in [3.63, 3.8) is 0 Å². The molecular weight excluding hydrogens is 362 g/mol. The van der Waals surface area contributed by atoms with Crippen molar-refractivity contribution >= 4 is 5.91 Å². The number of likely N-dealkylation sites (tertiary alicyclic amines) is 1. The van der Waals surface area contributed by atoms with Crippen LogP contribution in [-0.2, 0) is 6.42 Å². The van der Waals surface area contributed by atoms with Crippen molar-refractivity contribution in [2.45, 2.75) is 25.7 Å². The van der Waals surface area contributed by atoms with E-state index < -0.39 is 0 Å². The molecule has 0 bridgehead atoms. The zero-order chi connectivity index (χ0) is 20.1. The van der Waals surface area contributed by atoms with Crippen LogP contribution in [0.4, 0.5) is 0 Å². The Bertz CT molecular complexity index is 923. The topological polar surface area (TPSA) is 58.4 Å². The fourth-order valence-corrected chi connectivity index (χ4v) is 4.21. The van der Waals surface area contributed by atoms with Crippen LogP contribution in [0.5, 0.6) is 0 Å². The van der Waals surface area contributed by atoms with Crippen LogP contribution in [0.3, 0.4) is 0 Å². The molecule has 5 heteroatoms. The number of aliphatic hydroxyl groups excluding tert-OH is 1. The minimum Gasteiger partial charge on any atom is -0.396 e. The van der Waals surface area contributed by atoms with Gasteiger partial charge in [0.05, 0.1) is 12.3 Å². The number of rotatable bonds is 6. The van der Waals surface area contributed by atoms with Crippen molar-refractivity contribution in [1.29, 1.82) is 0 Å². The van der Waals surface area contributed by atoms with Gasteiger partial charge in [0.2, 0.25) is 0 Å². The number of carbonyl (C=O) groups excluding carboxylic acids is 1. The molecule has 1 saturated heterocycles. The molecule has 1 amide bonds. The highest BCUT2D eigenvalue weighted by Crippen LogP contribution is 2.35. The lowest BCUT2D eigenvalue weighted by molar-refractivity contribution is 0.0228. The van der Waals surface area contributed by atoms with Gasteiger partial charge in [-0.15, -0.1) is 0 Å². The second kappa shape index (κ2) is 8.62. The SMILES string of the molecule is O=C(c1ccc(-n2cccn2)cc1)N1CCCC(CO)(CCc2ccccc2)C1. The minimum absolute atomic E-state index is 0.0363. The van der Waals surface area contributed by atoms with Gasteiger partial charge in [-0.3, -0.25) is 4.79 Å². The third-order valence-electron chi connectivity index (χ3n) is 5.95. The van der Waals surface area contributed by atoms with E-state index in [9.17, 15) is 9.90 Å². The molecular formula is C24H27N3O2. The Morgan fingerprint density at radius 2 is 1.86 bits per heavy atom. The second-order valence-electron chi connectivity index (χ2n) is 7.97. The van der Waals surface area contributed by atoms with Crippen LogP contribution < -0.4 is 0 Å². The Morgan fingerprint density at radius 1 is 1.07 bits per heavy atom. The van der Waals surface area contributed by atoms with Crippen molar-refractivity contribution in [3.8, 4) is 5.69 Å². The third kappa shape index (κ3) is 4.40. The lowest BCUT2D eigenvalue weighted by Gasteiger charge is -2.42. The molecule has 2 aromatic carbocycles. The van der Waals surface area contributed by atoms with E-state index >= 15 is 0 Å². The molecule has 1 aromatic heterocycles. The van der Waals surface area contributed by atoms with E-state index in [2.05, 4.69) is 17.2 Å². The van der Waals surface area contributed by atoms with Crippen LogP contribution in [0, 0.1) is 5.41 Å². The normalized spacial score (nSPS) is 19.3. The average Bonchev–Trinajstić information content (AvgIpc) is 3.33. The molecule has 0 radical (unpaired) electrons. The molecule has 5 nitrogen and oxygen atoms in total. The number of nitrogens with zero attached hydrogens (tertiary/aromatic N) is 3. The fourth-order valence-electron chi connectivity index (χ4n) is 4.21. The van der Waals surface area contributed by atoms with E-state index in [1.54, 1.807) is 10.9 Å². The summed E-state index contributed by atoms with van der Waals surface area (Å²) >= 11 is 0. The molecule has 29 heavy (non-hydrogen) atoms. The van der Waals surface area contributed by atoms with Crippen molar-refractivity contribution < 1.29 is 9.90 Å². The molecule has 1 aliphatic rings. The third-order valence-corrected chi connectivity index (χ3v) is 5.95. The maximum Gasteiger partial charge on any atom is 0.253 e. The predicted molar refractivity (Wildman–Crippen MR) is 113 cm³/mol. The highest BCUT2D eigenvalue weighted by molar-refractivity contribution is 5.94. The zero-order valence-electron chi connectivity index (χ0n) is 16.6. The first-order valence-corrected chi connectivity index (χ1v) is 10.2. The van der Waals surface area contributed by atoms with Gasteiger partial charge in [0, 0.05) is 36.5 Å². The van der Waals surface area contributed by atoms with Crippen LogP contribution in [0.15, 0.2) is 73.1 Å². The second-order valence-corrected chi connectivity index (χ2v) is 7.97. The molecule has 4 rings (SSSR count). The summed E-state index contributed by atoms with van der Waals surface area (Å²) < 4.78 is 1.77. The molecule has 1 atom stereocenters. The lowest BCUT2D eigenvalue weighted by Crippen LogP contribution is -2.48. The smallest absolute Gasteiger partial charge is 0.253 e. The summed E-state index contributed by atoms with van der Waals surface area (Å²) in [7, 11) is 0. The van der Waals surface area contributed by atoms with Crippen LogP contribution in [0.1, 0.15) is 35.2 Å². The fraction of sp³-hybridized carbons (Fsp3) is 0.333. The number of piperidine rings is 1. The summed E-state index contributed by atoms with van der Waals surface area (Å²) in [6, 6.07) is 19.8. The summed E-state index contributed by atoms with van der Waals surface area (Å²) in [6.07, 6.45) is 7.29. The number of hydrogen-bond donors (Lipinski definition) is 1. The first-order valence-electron chi connectivity index (χ1n) is 10.2. The molecule has 2 heterocycles. The van der Waals surface area contributed by atoms with Gasteiger partial charge in [-0.25, -0.2) is 4.68 Å². The average molecular weight is 389 g/mol. The van der Waals surface area contributed by atoms with Crippen LogP contribution in [-0.4, -0.2) is 45.4 Å². The van der Waals surface area contributed by atoms with Gasteiger partial charge in [0.15, 0.2) is 0 Å². The monoisotopic (exact) mass is 389 g/mol. The van der Waals surface area contributed by atoms with Crippen molar-refractivity contribution in [1.82, 2.24) is 14.7 Å². The van der Waals surface area contributed by atoms with E-state index in [0.717, 1.165) is 37.9 Å². The largest absolute Gasteiger partial charge is 0.396 e. The van der Waals surface area contributed by atoms with Crippen LogP contribution in [0.2, 0.25) is 0 Å². The summed E-state index contributed by atoms with van der Waals surface area (Å²) in [5, 5.41) is 14.4. The molecule has 0 spiro atoms. The maximum atomic E-state index is 13.1. The van der Waals surface area contributed by atoms with E-state index in [0.29, 0.717) is 12.1 Å². The first-order chi connectivity index (χ1) is 14.2. The van der Waals surface area contributed by atoms with E-state index in [1.807, 2.05) is 59.6 Å². The zero-order valence-corrected chi connectivity index (χ0v) is 16.6. The lowest BCUT2D eigenvalue weighted by atomic mass is 9.76. The molecule has 0 saturated carbocycles. The number of benzene rings is 2. The van der Waals surface area contributed by atoms with Gasteiger partial charge in [-0.2, -0.15) is 5.10 Å². The Balaban J connectivity index is 1.44. The van der Waals surface area contributed by atoms with Gasteiger partial charge >= 0.3 is 0 Å². The van der Waals surface area contributed by atoms with E-state index in [-0.39, 0.29) is 17.9 Å². The molecule has 150 valence electrons. The van der Waals surface area contributed by atoms with E-state index in [4.69, 9.17) is 0 Å². The summed E-state index contributed by atoms with van der Waals surface area (Å²) in [5.41, 5.74) is 2.66. The Kier molecular flexibility index (Phi) is 5.76.